The molecule has 51 heavy (non-hydrogen) atoms. The second-order valence-corrected chi connectivity index (χ2v) is 14.4. The highest BCUT2D eigenvalue weighted by molar-refractivity contribution is 6.31. The van der Waals surface area contributed by atoms with Crippen LogP contribution in [0.15, 0.2) is 152 Å². The van der Waals surface area contributed by atoms with E-state index in [1.54, 1.807) is 0 Å². The Hall–Kier alpha value is -6.39. The number of fused-ring (bicyclic) bond motifs is 13. The fourth-order valence-electron chi connectivity index (χ4n) is 9.24. The Morgan fingerprint density at radius 1 is 0.529 bits per heavy atom. The highest BCUT2D eigenvalue weighted by atomic mass is 15.1. The van der Waals surface area contributed by atoms with Crippen molar-refractivity contribution in [1.82, 2.24) is 18.7 Å². The lowest BCUT2D eigenvalue weighted by Gasteiger charge is -2.23. The number of aryl methyl sites for hydroxylation is 1. The number of aromatic nitrogens is 4. The van der Waals surface area contributed by atoms with Crippen molar-refractivity contribution in [3.63, 3.8) is 0 Å². The Morgan fingerprint density at radius 2 is 1.14 bits per heavy atom. The molecule has 0 saturated carbocycles. The maximum atomic E-state index is 5.22. The van der Waals surface area contributed by atoms with Crippen LogP contribution in [0.25, 0.3) is 88.5 Å². The van der Waals surface area contributed by atoms with Crippen LogP contribution in [-0.4, -0.2) is 18.7 Å². The van der Waals surface area contributed by atoms with Crippen LogP contribution in [0.5, 0.6) is 0 Å². The minimum Gasteiger partial charge on any atom is -0.327 e. The lowest BCUT2D eigenvalue weighted by Crippen LogP contribution is -2.15. The van der Waals surface area contributed by atoms with Crippen molar-refractivity contribution >= 4 is 54.6 Å². The van der Waals surface area contributed by atoms with E-state index in [-0.39, 0.29) is 5.41 Å². The van der Waals surface area contributed by atoms with E-state index >= 15 is 0 Å². The van der Waals surface area contributed by atoms with Gasteiger partial charge in [-0.3, -0.25) is 0 Å². The molecule has 1 aliphatic carbocycles. The van der Waals surface area contributed by atoms with Gasteiger partial charge in [0.25, 0.3) is 0 Å². The largest absolute Gasteiger partial charge is 0.327 e. The predicted molar refractivity (Wildman–Crippen MR) is 212 cm³/mol. The summed E-state index contributed by atoms with van der Waals surface area (Å²) in [6.45, 7) is 4.82. The molecular weight excluding hydrogens is 621 g/mol. The number of nitrogens with zero attached hydrogens (tertiary/aromatic N) is 4. The molecule has 0 fully saturated rings. The lowest BCUT2D eigenvalue weighted by molar-refractivity contribution is 0.667. The van der Waals surface area contributed by atoms with Gasteiger partial charge < -0.3 is 13.7 Å². The standard InChI is InChI=1S/C47H34N4/c1-47(2)35-23-13-10-20-32(35)40-43(47)41-33-21-11-14-24-37(33)50(30-18-8-5-9-19-30)45(41)42-34-22-12-15-25-38(34)51(44(40)42)31-26-27-39-36(28-31)48-46(49(39)3)29-16-6-4-7-17-29/h4-28H,1-3H3. The van der Waals surface area contributed by atoms with Crippen LogP contribution in [0.2, 0.25) is 0 Å². The maximum Gasteiger partial charge on any atom is 0.140 e. The van der Waals surface area contributed by atoms with Gasteiger partial charge in [-0.2, -0.15) is 0 Å². The van der Waals surface area contributed by atoms with Gasteiger partial charge in [0.15, 0.2) is 0 Å². The Labute approximate surface area is 295 Å². The van der Waals surface area contributed by atoms with Gasteiger partial charge >= 0.3 is 0 Å². The van der Waals surface area contributed by atoms with Crippen LogP contribution in [0.3, 0.4) is 0 Å². The molecule has 0 N–H and O–H groups in total. The average Bonchev–Trinajstić information content (AvgIpc) is 3.87. The van der Waals surface area contributed by atoms with E-state index in [1.165, 1.54) is 71.6 Å². The molecule has 0 bridgehead atoms. The van der Waals surface area contributed by atoms with Crippen molar-refractivity contribution in [2.45, 2.75) is 19.3 Å². The fraction of sp³-hybridized carbons (Fsp3) is 0.0851. The van der Waals surface area contributed by atoms with E-state index < -0.39 is 0 Å². The van der Waals surface area contributed by atoms with E-state index in [4.69, 9.17) is 4.98 Å². The molecule has 0 aliphatic heterocycles. The summed E-state index contributed by atoms with van der Waals surface area (Å²) in [4.78, 5) is 5.22. The molecule has 4 nitrogen and oxygen atoms in total. The number of imidazole rings is 1. The van der Waals surface area contributed by atoms with Crippen molar-refractivity contribution in [2.75, 3.05) is 0 Å². The van der Waals surface area contributed by atoms with Crippen LogP contribution in [0.4, 0.5) is 0 Å². The lowest BCUT2D eigenvalue weighted by atomic mass is 9.80. The van der Waals surface area contributed by atoms with E-state index in [0.717, 1.165) is 28.1 Å². The van der Waals surface area contributed by atoms with Crippen molar-refractivity contribution in [3.8, 4) is 33.9 Å². The van der Waals surface area contributed by atoms with Gasteiger partial charge in [0.2, 0.25) is 0 Å². The zero-order chi connectivity index (χ0) is 34.0. The quantitative estimate of drug-likeness (QED) is 0.186. The van der Waals surface area contributed by atoms with Gasteiger partial charge in [-0.25, -0.2) is 4.98 Å². The number of benzene rings is 7. The first-order valence-corrected chi connectivity index (χ1v) is 17.7. The van der Waals surface area contributed by atoms with Gasteiger partial charge in [-0.1, -0.05) is 123 Å². The minimum atomic E-state index is -0.221. The molecule has 0 atom stereocenters. The maximum absolute atomic E-state index is 5.22. The highest BCUT2D eigenvalue weighted by Gasteiger charge is 2.41. The van der Waals surface area contributed by atoms with Crippen LogP contribution >= 0.6 is 0 Å². The molecule has 1 aliphatic rings. The molecule has 0 amide bonds. The zero-order valence-electron chi connectivity index (χ0n) is 28.7. The average molecular weight is 655 g/mol. The van der Waals surface area contributed by atoms with Gasteiger partial charge in [0.1, 0.15) is 5.82 Å². The molecule has 0 unspecified atom stereocenters. The van der Waals surface area contributed by atoms with Crippen LogP contribution in [-0.2, 0) is 12.5 Å². The number of para-hydroxylation sites is 3. The Kier molecular flexibility index (Phi) is 5.63. The third-order valence-corrected chi connectivity index (χ3v) is 11.4. The van der Waals surface area contributed by atoms with Gasteiger partial charge in [-0.15, -0.1) is 0 Å². The summed E-state index contributed by atoms with van der Waals surface area (Å²) >= 11 is 0. The van der Waals surface area contributed by atoms with E-state index in [2.05, 4.69) is 186 Å². The van der Waals surface area contributed by atoms with E-state index in [1.807, 2.05) is 0 Å². The molecule has 3 heterocycles. The summed E-state index contributed by atoms with van der Waals surface area (Å²) in [5.41, 5.74) is 15.6. The van der Waals surface area contributed by atoms with Crippen molar-refractivity contribution in [3.05, 3.63) is 163 Å². The first kappa shape index (κ1) is 28.4. The Morgan fingerprint density at radius 3 is 1.88 bits per heavy atom. The zero-order valence-corrected chi connectivity index (χ0v) is 28.7. The monoisotopic (exact) mass is 654 g/mol. The molecule has 0 spiro atoms. The smallest absolute Gasteiger partial charge is 0.140 e. The first-order chi connectivity index (χ1) is 25.0. The predicted octanol–water partition coefficient (Wildman–Crippen LogP) is 11.7. The van der Waals surface area contributed by atoms with Gasteiger partial charge in [0.05, 0.1) is 33.1 Å². The summed E-state index contributed by atoms with van der Waals surface area (Å²) in [5, 5.41) is 5.15. The van der Waals surface area contributed by atoms with Crippen LogP contribution in [0.1, 0.15) is 25.0 Å². The molecule has 0 radical (unpaired) electrons. The Bertz CT molecular complexity index is 3050. The summed E-state index contributed by atoms with van der Waals surface area (Å²) in [7, 11) is 2.11. The SMILES string of the molecule is Cn1c(-c2ccccc2)nc2cc(-n3c4ccccc4c4c3c3c(c5c6ccccc6n(-c6ccccc6)c54)C(C)(C)c4ccccc4-3)ccc21. The van der Waals surface area contributed by atoms with Crippen LogP contribution < -0.4 is 0 Å². The molecule has 11 rings (SSSR count). The van der Waals surface area contributed by atoms with Crippen molar-refractivity contribution in [2.24, 2.45) is 7.05 Å². The fourth-order valence-corrected chi connectivity index (χ4v) is 9.24. The molecule has 4 heteroatoms. The number of hydrogen-bond acceptors (Lipinski definition) is 1. The molecular formula is C47H34N4. The second kappa shape index (κ2) is 10.1. The molecule has 0 saturated heterocycles. The van der Waals surface area contributed by atoms with Crippen molar-refractivity contribution in [1.29, 1.82) is 0 Å². The number of hydrogen-bond donors (Lipinski definition) is 0. The normalized spacial score (nSPS) is 13.5. The summed E-state index contributed by atoms with van der Waals surface area (Å²) < 4.78 is 7.24. The third-order valence-electron chi connectivity index (χ3n) is 11.4. The van der Waals surface area contributed by atoms with Crippen molar-refractivity contribution < 1.29 is 0 Å². The number of rotatable bonds is 3. The van der Waals surface area contributed by atoms with Crippen LogP contribution in [0, 0.1) is 0 Å². The molecule has 10 aromatic rings. The first-order valence-electron chi connectivity index (χ1n) is 17.7. The molecule has 7 aromatic carbocycles. The molecule has 3 aromatic heterocycles. The van der Waals surface area contributed by atoms with Gasteiger partial charge in [-0.05, 0) is 59.2 Å². The van der Waals surface area contributed by atoms with E-state index in [0.29, 0.717) is 0 Å². The highest BCUT2D eigenvalue weighted by Crippen LogP contribution is 2.58. The minimum absolute atomic E-state index is 0.221. The summed E-state index contributed by atoms with van der Waals surface area (Å²) in [6.07, 6.45) is 0. The summed E-state index contributed by atoms with van der Waals surface area (Å²) in [6, 6.07) is 55.1. The summed E-state index contributed by atoms with van der Waals surface area (Å²) in [5.74, 6) is 0.968. The van der Waals surface area contributed by atoms with Gasteiger partial charge in [0, 0.05) is 56.5 Å². The second-order valence-electron chi connectivity index (χ2n) is 14.4. The molecule has 242 valence electrons. The third kappa shape index (κ3) is 3.66. The Balaban J connectivity index is 1.37. The topological polar surface area (TPSA) is 27.7 Å². The van der Waals surface area contributed by atoms with E-state index in [9.17, 15) is 0 Å².